The largest absolute Gasteiger partial charge is 0.497 e. The molecule has 2 heterocycles. The Kier molecular flexibility index (Phi) is 7.64. The zero-order chi connectivity index (χ0) is 25.9. The van der Waals surface area contributed by atoms with E-state index in [1.165, 1.54) is 21.9 Å². The highest BCUT2D eigenvalue weighted by Gasteiger charge is 2.34. The summed E-state index contributed by atoms with van der Waals surface area (Å²) in [4.78, 5) is 49.7. The molecule has 0 radical (unpaired) electrons. The van der Waals surface area contributed by atoms with E-state index in [4.69, 9.17) is 4.74 Å². The summed E-state index contributed by atoms with van der Waals surface area (Å²) in [7, 11) is 1.60. The molecule has 0 N–H and O–H groups in total. The summed E-state index contributed by atoms with van der Waals surface area (Å²) in [6.45, 7) is 7.14. The smallest absolute Gasteiger partial charge is 0.257 e. The van der Waals surface area contributed by atoms with Gasteiger partial charge in [-0.2, -0.15) is 0 Å². The first-order valence-electron chi connectivity index (χ1n) is 11.0. The first-order valence-corrected chi connectivity index (χ1v) is 11.0. The minimum absolute atomic E-state index is 0.187. The molecule has 0 aliphatic carbocycles. The van der Waals surface area contributed by atoms with Gasteiger partial charge in [0.05, 0.1) is 20.2 Å². The van der Waals surface area contributed by atoms with E-state index < -0.39 is 0 Å². The van der Waals surface area contributed by atoms with Crippen LogP contribution in [0.1, 0.15) is 38.8 Å². The van der Waals surface area contributed by atoms with E-state index in [1.54, 1.807) is 46.9 Å². The van der Waals surface area contributed by atoms with Gasteiger partial charge in [-0.1, -0.05) is 24.3 Å². The van der Waals surface area contributed by atoms with Crippen molar-refractivity contribution < 1.29 is 28.3 Å². The predicted octanol–water partition coefficient (Wildman–Crippen LogP) is 3.93. The average molecular weight is 479 g/mol. The molecular formula is C27H27FN2O5. The monoisotopic (exact) mass is 478 g/mol. The Morgan fingerprint density at radius 3 is 1.23 bits per heavy atom. The van der Waals surface area contributed by atoms with Crippen LogP contribution in [0.25, 0.3) is 0 Å². The summed E-state index contributed by atoms with van der Waals surface area (Å²) < 4.78 is 17.8. The zero-order valence-electron chi connectivity index (χ0n) is 20.3. The van der Waals surface area contributed by atoms with E-state index in [0.29, 0.717) is 28.8 Å². The topological polar surface area (TPSA) is 84.0 Å². The minimum Gasteiger partial charge on any atom is -0.497 e. The summed E-state index contributed by atoms with van der Waals surface area (Å²) in [5, 5.41) is 0. The Labute approximate surface area is 203 Å². The molecule has 0 spiro atoms. The molecule has 7 nitrogen and oxygen atoms in total. The molecule has 0 atom stereocenters. The van der Waals surface area contributed by atoms with Crippen LogP contribution < -0.4 is 4.74 Å². The van der Waals surface area contributed by atoms with Crippen molar-refractivity contribution in [2.75, 3.05) is 7.11 Å². The van der Waals surface area contributed by atoms with E-state index in [0.717, 1.165) is 16.9 Å². The second-order valence-corrected chi connectivity index (χ2v) is 8.37. The molecule has 2 aromatic carbocycles. The molecule has 2 aliphatic heterocycles. The average Bonchev–Trinajstić information content (AvgIpc) is 3.16. The lowest BCUT2D eigenvalue weighted by atomic mass is 10.2. The second-order valence-electron chi connectivity index (χ2n) is 8.37. The minimum atomic E-state index is -0.335. The van der Waals surface area contributed by atoms with Gasteiger partial charge in [0.1, 0.15) is 11.6 Å². The van der Waals surface area contributed by atoms with Crippen LogP contribution in [-0.4, -0.2) is 40.5 Å². The number of ether oxygens (including phenoxy) is 1. The van der Waals surface area contributed by atoms with Crippen LogP contribution in [0.15, 0.2) is 70.8 Å². The molecule has 2 aliphatic rings. The zero-order valence-corrected chi connectivity index (χ0v) is 20.3. The normalized spacial score (nSPS) is 15.8. The number of hydrogen-bond acceptors (Lipinski definition) is 5. The molecule has 0 saturated heterocycles. The summed E-state index contributed by atoms with van der Waals surface area (Å²) in [6, 6.07) is 13.1. The van der Waals surface area contributed by atoms with Gasteiger partial charge in [0.15, 0.2) is 0 Å². The summed E-state index contributed by atoms with van der Waals surface area (Å²) >= 11 is 0. The van der Waals surface area contributed by atoms with Crippen molar-refractivity contribution in [2.24, 2.45) is 0 Å². The van der Waals surface area contributed by atoms with Crippen molar-refractivity contribution in [2.45, 2.75) is 40.8 Å². The van der Waals surface area contributed by atoms with Crippen molar-refractivity contribution >= 4 is 23.6 Å². The van der Waals surface area contributed by atoms with Crippen molar-refractivity contribution in [3.05, 3.63) is 87.8 Å². The van der Waals surface area contributed by atoms with Crippen LogP contribution >= 0.6 is 0 Å². The molecule has 35 heavy (non-hydrogen) atoms. The number of halogens is 1. The number of benzene rings is 2. The van der Waals surface area contributed by atoms with Gasteiger partial charge in [0, 0.05) is 22.3 Å². The van der Waals surface area contributed by atoms with Gasteiger partial charge in [0.25, 0.3) is 23.6 Å². The lowest BCUT2D eigenvalue weighted by molar-refractivity contribution is -0.139. The molecular weight excluding hydrogens is 451 g/mol. The number of carbonyl (C=O) groups is 4. The predicted molar refractivity (Wildman–Crippen MR) is 127 cm³/mol. The number of nitrogens with zero attached hydrogens (tertiary/aromatic N) is 2. The van der Waals surface area contributed by atoms with Crippen molar-refractivity contribution in [1.82, 2.24) is 9.80 Å². The first kappa shape index (κ1) is 25.6. The van der Waals surface area contributed by atoms with Crippen molar-refractivity contribution in [1.29, 1.82) is 0 Å². The van der Waals surface area contributed by atoms with Gasteiger partial charge in [-0.15, -0.1) is 0 Å². The van der Waals surface area contributed by atoms with Crippen molar-refractivity contribution in [3.8, 4) is 5.75 Å². The molecule has 0 fully saturated rings. The van der Waals surface area contributed by atoms with E-state index in [1.807, 2.05) is 24.3 Å². The van der Waals surface area contributed by atoms with E-state index in [9.17, 15) is 23.6 Å². The fourth-order valence-corrected chi connectivity index (χ4v) is 3.61. The standard InChI is InChI=1S/C14H15NO3.C13H12FNO2/c1-9-10(2)14(17)15(13(9)16)8-11-4-6-12(18-3)7-5-11;1-8-9(2)13(17)15(12(8)16)7-10-3-5-11(14)6-4-10/h4-7H,8H2,1-3H3;3-6H,7H2,1-2H3. The maximum atomic E-state index is 12.7. The van der Waals surface area contributed by atoms with Crippen LogP contribution in [0.4, 0.5) is 4.39 Å². The fourth-order valence-electron chi connectivity index (χ4n) is 3.61. The molecule has 8 heteroatoms. The molecule has 4 amide bonds. The van der Waals surface area contributed by atoms with Gasteiger partial charge in [0.2, 0.25) is 0 Å². The Morgan fingerprint density at radius 1 is 0.600 bits per heavy atom. The number of methoxy groups -OCH3 is 1. The van der Waals surface area contributed by atoms with Crippen LogP contribution in [0.5, 0.6) is 5.75 Å². The molecule has 0 saturated carbocycles. The number of carbonyl (C=O) groups excluding carboxylic acids is 4. The number of amides is 4. The maximum Gasteiger partial charge on any atom is 0.257 e. The van der Waals surface area contributed by atoms with Gasteiger partial charge in [-0.3, -0.25) is 29.0 Å². The Hall–Kier alpha value is -4.07. The van der Waals surface area contributed by atoms with Gasteiger partial charge >= 0.3 is 0 Å². The Balaban J connectivity index is 0.000000196. The van der Waals surface area contributed by atoms with E-state index >= 15 is 0 Å². The third-order valence-corrected chi connectivity index (χ3v) is 6.14. The van der Waals surface area contributed by atoms with Crippen LogP contribution in [0.3, 0.4) is 0 Å². The van der Waals surface area contributed by atoms with Crippen molar-refractivity contribution in [3.63, 3.8) is 0 Å². The summed E-state index contributed by atoms with van der Waals surface area (Å²) in [5.41, 5.74) is 3.67. The molecule has 4 rings (SSSR count). The van der Waals surface area contributed by atoms with Gasteiger partial charge in [-0.05, 0) is 63.1 Å². The SMILES string of the molecule is CC1=C(C)C(=O)N(Cc2ccc(F)cc2)C1=O.COc1ccc(CN2C(=O)C(C)=C(C)C2=O)cc1. The number of hydrogen-bond donors (Lipinski definition) is 0. The summed E-state index contributed by atoms with van der Waals surface area (Å²) in [5.74, 6) is -0.517. The third kappa shape index (κ3) is 5.37. The Bertz CT molecular complexity index is 1200. The molecule has 2 aromatic rings. The quantitative estimate of drug-likeness (QED) is 0.608. The van der Waals surface area contributed by atoms with Gasteiger partial charge in [-0.25, -0.2) is 4.39 Å². The lowest BCUT2D eigenvalue weighted by Crippen LogP contribution is -2.30. The second kappa shape index (κ2) is 10.5. The molecule has 182 valence electrons. The maximum absolute atomic E-state index is 12.7. The summed E-state index contributed by atoms with van der Waals surface area (Å²) in [6.07, 6.45) is 0. The molecule has 0 aromatic heterocycles. The Morgan fingerprint density at radius 2 is 0.914 bits per heavy atom. The molecule has 0 bridgehead atoms. The van der Waals surface area contributed by atoms with Gasteiger partial charge < -0.3 is 4.74 Å². The lowest BCUT2D eigenvalue weighted by Gasteiger charge is -2.15. The number of rotatable bonds is 5. The van der Waals surface area contributed by atoms with E-state index in [-0.39, 0.29) is 36.0 Å². The molecule has 0 unspecified atom stereocenters. The third-order valence-electron chi connectivity index (χ3n) is 6.14. The van der Waals surface area contributed by atoms with E-state index in [2.05, 4.69) is 0 Å². The van der Waals surface area contributed by atoms with Crippen LogP contribution in [0, 0.1) is 5.82 Å². The first-order chi connectivity index (χ1) is 16.5. The highest BCUT2D eigenvalue weighted by molar-refractivity contribution is 6.19. The fraction of sp³-hybridized carbons (Fsp3) is 0.259. The van der Waals surface area contributed by atoms with Crippen LogP contribution in [-0.2, 0) is 32.3 Å². The highest BCUT2D eigenvalue weighted by atomic mass is 19.1. The number of imide groups is 2. The van der Waals surface area contributed by atoms with Crippen LogP contribution in [0.2, 0.25) is 0 Å². The highest BCUT2D eigenvalue weighted by Crippen LogP contribution is 2.23.